The van der Waals surface area contributed by atoms with Gasteiger partial charge < -0.3 is 14.4 Å². The molecule has 1 N–H and O–H groups in total. The number of hydrogen-bond acceptors (Lipinski definition) is 3. The maximum absolute atomic E-state index is 10.0. The summed E-state index contributed by atoms with van der Waals surface area (Å²) in [7, 11) is 1.89. The van der Waals surface area contributed by atoms with Gasteiger partial charge in [0.1, 0.15) is 11.9 Å². The van der Waals surface area contributed by atoms with E-state index in [9.17, 15) is 5.11 Å². The summed E-state index contributed by atoms with van der Waals surface area (Å²) in [4.78, 5) is 4.14. The summed E-state index contributed by atoms with van der Waals surface area (Å²) in [5.74, 6) is 0.916. The van der Waals surface area contributed by atoms with E-state index in [1.807, 2.05) is 24.7 Å². The lowest BCUT2D eigenvalue weighted by Gasteiger charge is -2.15. The third kappa shape index (κ3) is 1.67. The fraction of sp³-hybridized carbons (Fsp3) is 0.700. The van der Waals surface area contributed by atoms with Gasteiger partial charge in [-0.05, 0) is 13.3 Å². The Morgan fingerprint density at radius 3 is 3.00 bits per heavy atom. The standard InChI is InChI=1S/C10H16N2O2/c1-7-5-8(6-14-7)9(13)10-11-3-4-12(10)2/h3-4,7-9,13H,5-6H2,1-2H3. The SMILES string of the molecule is CC1CC(C(O)c2nccn2C)CO1. The summed E-state index contributed by atoms with van der Waals surface area (Å²) in [6.07, 6.45) is 4.22. The molecular weight excluding hydrogens is 180 g/mol. The highest BCUT2D eigenvalue weighted by molar-refractivity contribution is 4.98. The van der Waals surface area contributed by atoms with E-state index in [0.717, 1.165) is 12.2 Å². The molecule has 0 aromatic carbocycles. The lowest BCUT2D eigenvalue weighted by atomic mass is 9.99. The highest BCUT2D eigenvalue weighted by Crippen LogP contribution is 2.30. The number of aliphatic hydroxyl groups is 1. The van der Waals surface area contributed by atoms with E-state index in [4.69, 9.17) is 4.74 Å². The summed E-state index contributed by atoms with van der Waals surface area (Å²) in [6, 6.07) is 0. The molecule has 0 spiro atoms. The van der Waals surface area contributed by atoms with Crippen LogP contribution in [0.4, 0.5) is 0 Å². The maximum atomic E-state index is 10.0. The van der Waals surface area contributed by atoms with Crippen molar-refractivity contribution in [2.45, 2.75) is 25.6 Å². The molecule has 3 atom stereocenters. The molecule has 3 unspecified atom stereocenters. The molecule has 14 heavy (non-hydrogen) atoms. The fourth-order valence-electron chi connectivity index (χ4n) is 1.94. The first kappa shape index (κ1) is 9.68. The first-order valence-electron chi connectivity index (χ1n) is 4.95. The predicted molar refractivity (Wildman–Crippen MR) is 51.7 cm³/mol. The topological polar surface area (TPSA) is 47.3 Å². The summed E-state index contributed by atoms with van der Waals surface area (Å²) in [6.45, 7) is 2.67. The van der Waals surface area contributed by atoms with Crippen LogP contribution in [0.2, 0.25) is 0 Å². The highest BCUT2D eigenvalue weighted by Gasteiger charge is 2.31. The average Bonchev–Trinajstić information content (AvgIpc) is 2.73. The Morgan fingerprint density at radius 1 is 1.71 bits per heavy atom. The van der Waals surface area contributed by atoms with Crippen LogP contribution in [-0.4, -0.2) is 27.4 Å². The van der Waals surface area contributed by atoms with Crippen molar-refractivity contribution in [1.29, 1.82) is 0 Å². The maximum Gasteiger partial charge on any atom is 0.137 e. The molecule has 1 aliphatic heterocycles. The van der Waals surface area contributed by atoms with Crippen LogP contribution >= 0.6 is 0 Å². The molecule has 1 aliphatic rings. The molecule has 0 saturated carbocycles. The van der Waals surface area contributed by atoms with Crippen LogP contribution in [-0.2, 0) is 11.8 Å². The summed E-state index contributed by atoms with van der Waals surface area (Å²) < 4.78 is 7.28. The van der Waals surface area contributed by atoms with Gasteiger partial charge in [-0.15, -0.1) is 0 Å². The van der Waals surface area contributed by atoms with E-state index in [1.54, 1.807) is 6.20 Å². The zero-order chi connectivity index (χ0) is 10.1. The van der Waals surface area contributed by atoms with Crippen molar-refractivity contribution in [2.75, 3.05) is 6.61 Å². The molecule has 4 nitrogen and oxygen atoms in total. The second kappa shape index (κ2) is 3.71. The van der Waals surface area contributed by atoms with Gasteiger partial charge in [-0.25, -0.2) is 4.98 Å². The minimum atomic E-state index is -0.500. The van der Waals surface area contributed by atoms with E-state index >= 15 is 0 Å². The minimum absolute atomic E-state index is 0.186. The van der Waals surface area contributed by atoms with Gasteiger partial charge in [0.05, 0.1) is 12.7 Å². The number of imidazole rings is 1. The van der Waals surface area contributed by atoms with Crippen molar-refractivity contribution in [3.05, 3.63) is 18.2 Å². The first-order chi connectivity index (χ1) is 6.68. The van der Waals surface area contributed by atoms with Gasteiger partial charge >= 0.3 is 0 Å². The third-order valence-electron chi connectivity index (χ3n) is 2.80. The van der Waals surface area contributed by atoms with Crippen LogP contribution < -0.4 is 0 Å². The second-order valence-corrected chi connectivity index (χ2v) is 3.98. The molecule has 0 aliphatic carbocycles. The average molecular weight is 196 g/mol. The largest absolute Gasteiger partial charge is 0.385 e. The van der Waals surface area contributed by atoms with Crippen LogP contribution in [0.15, 0.2) is 12.4 Å². The molecule has 1 saturated heterocycles. The molecule has 1 aromatic rings. The van der Waals surface area contributed by atoms with Gasteiger partial charge in [-0.1, -0.05) is 0 Å². The number of nitrogens with zero attached hydrogens (tertiary/aromatic N) is 2. The Bertz CT molecular complexity index is 311. The zero-order valence-electron chi connectivity index (χ0n) is 8.55. The summed E-state index contributed by atoms with van der Waals surface area (Å²) >= 11 is 0. The smallest absolute Gasteiger partial charge is 0.137 e. The van der Waals surface area contributed by atoms with Crippen molar-refractivity contribution in [3.63, 3.8) is 0 Å². The van der Waals surface area contributed by atoms with Crippen LogP contribution in [0.1, 0.15) is 25.3 Å². The van der Waals surface area contributed by atoms with Crippen molar-refractivity contribution < 1.29 is 9.84 Å². The summed E-state index contributed by atoms with van der Waals surface area (Å²) in [5.41, 5.74) is 0. The molecular formula is C10H16N2O2. The lowest BCUT2D eigenvalue weighted by Crippen LogP contribution is -2.16. The first-order valence-corrected chi connectivity index (χ1v) is 4.95. The van der Waals surface area contributed by atoms with Gasteiger partial charge in [0.2, 0.25) is 0 Å². The number of hydrogen-bond donors (Lipinski definition) is 1. The molecule has 2 rings (SSSR count). The summed E-state index contributed by atoms with van der Waals surface area (Å²) in [5, 5.41) is 10.0. The van der Waals surface area contributed by atoms with Gasteiger partial charge in [0.25, 0.3) is 0 Å². The molecule has 0 bridgehead atoms. The van der Waals surface area contributed by atoms with E-state index in [0.29, 0.717) is 6.61 Å². The van der Waals surface area contributed by atoms with Crippen molar-refractivity contribution in [1.82, 2.24) is 9.55 Å². The molecule has 4 heteroatoms. The number of rotatable bonds is 2. The molecule has 1 aromatic heterocycles. The Hall–Kier alpha value is -0.870. The Morgan fingerprint density at radius 2 is 2.50 bits per heavy atom. The van der Waals surface area contributed by atoms with Gasteiger partial charge in [-0.2, -0.15) is 0 Å². The highest BCUT2D eigenvalue weighted by atomic mass is 16.5. The Kier molecular flexibility index (Phi) is 2.56. The van der Waals surface area contributed by atoms with Gasteiger partial charge in [0, 0.05) is 25.4 Å². The van der Waals surface area contributed by atoms with Gasteiger partial charge in [0.15, 0.2) is 0 Å². The fourth-order valence-corrected chi connectivity index (χ4v) is 1.94. The van der Waals surface area contributed by atoms with Crippen LogP contribution in [0.25, 0.3) is 0 Å². The van der Waals surface area contributed by atoms with E-state index in [1.165, 1.54) is 0 Å². The van der Waals surface area contributed by atoms with Crippen molar-refractivity contribution >= 4 is 0 Å². The van der Waals surface area contributed by atoms with Crippen molar-refractivity contribution in [2.24, 2.45) is 13.0 Å². The van der Waals surface area contributed by atoms with Crippen LogP contribution in [0.3, 0.4) is 0 Å². The van der Waals surface area contributed by atoms with Crippen LogP contribution in [0.5, 0.6) is 0 Å². The minimum Gasteiger partial charge on any atom is -0.385 e. The molecule has 0 radical (unpaired) electrons. The Balaban J connectivity index is 2.09. The monoisotopic (exact) mass is 196 g/mol. The number of aromatic nitrogens is 2. The van der Waals surface area contributed by atoms with E-state index in [-0.39, 0.29) is 12.0 Å². The molecule has 78 valence electrons. The quantitative estimate of drug-likeness (QED) is 0.763. The molecule has 1 fully saturated rings. The normalized spacial score (nSPS) is 29.4. The molecule has 0 amide bonds. The second-order valence-electron chi connectivity index (χ2n) is 3.98. The Labute approximate surface area is 83.5 Å². The van der Waals surface area contributed by atoms with Crippen LogP contribution in [0, 0.1) is 5.92 Å². The van der Waals surface area contributed by atoms with E-state index < -0.39 is 6.10 Å². The lowest BCUT2D eigenvalue weighted by molar-refractivity contribution is 0.0739. The molecule has 2 heterocycles. The number of aliphatic hydroxyl groups excluding tert-OH is 1. The zero-order valence-corrected chi connectivity index (χ0v) is 8.55. The van der Waals surface area contributed by atoms with Gasteiger partial charge in [-0.3, -0.25) is 0 Å². The van der Waals surface area contributed by atoms with Crippen molar-refractivity contribution in [3.8, 4) is 0 Å². The predicted octanol–water partition coefficient (Wildman–Crippen LogP) is 0.878. The van der Waals surface area contributed by atoms with E-state index in [2.05, 4.69) is 4.98 Å². The number of ether oxygens (including phenoxy) is 1. The number of aryl methyl sites for hydroxylation is 1. The third-order valence-corrected chi connectivity index (χ3v) is 2.80.